The van der Waals surface area contributed by atoms with E-state index in [1.165, 1.54) is 38.8 Å². The van der Waals surface area contributed by atoms with Crippen molar-refractivity contribution >= 4 is 0 Å². The second-order valence-electron chi connectivity index (χ2n) is 4.22. The number of allylic oxidation sites excluding steroid dienone is 4. The van der Waals surface area contributed by atoms with Gasteiger partial charge in [-0.1, -0.05) is 24.3 Å². The normalized spacial score (nSPS) is 22.1. The number of hydrogen-bond acceptors (Lipinski definition) is 1. The average molecular weight is 193 g/mol. The van der Waals surface area contributed by atoms with Crippen LogP contribution in [0.15, 0.2) is 24.3 Å². The molecule has 0 unspecified atom stereocenters. The summed E-state index contributed by atoms with van der Waals surface area (Å²) in [4.78, 5) is 0. The molecular weight excluding hydrogens is 170 g/mol. The molecule has 1 heteroatoms. The predicted octanol–water partition coefficient (Wildman–Crippen LogP) is 3.29. The molecule has 1 heterocycles. The highest BCUT2D eigenvalue weighted by Gasteiger charge is 2.27. The second-order valence-corrected chi connectivity index (χ2v) is 4.22. The van der Waals surface area contributed by atoms with Crippen molar-refractivity contribution in [1.29, 1.82) is 0 Å². The van der Waals surface area contributed by atoms with E-state index in [1.807, 2.05) is 0 Å². The van der Waals surface area contributed by atoms with E-state index in [0.717, 1.165) is 0 Å². The number of rotatable bonds is 4. The quantitative estimate of drug-likeness (QED) is 0.676. The summed E-state index contributed by atoms with van der Waals surface area (Å²) in [6.45, 7) is 6.60. The predicted molar refractivity (Wildman–Crippen MR) is 63.4 cm³/mol. The molecule has 0 spiro atoms. The molecule has 0 atom stereocenters. The van der Waals surface area contributed by atoms with E-state index in [0.29, 0.717) is 5.41 Å². The van der Waals surface area contributed by atoms with Crippen LogP contribution in [-0.4, -0.2) is 13.1 Å². The minimum atomic E-state index is 0.486. The Balaban J connectivity index is 2.51. The molecule has 0 aromatic rings. The fourth-order valence-corrected chi connectivity index (χ4v) is 2.32. The fraction of sp³-hybridized carbons (Fsp3) is 0.692. The van der Waals surface area contributed by atoms with Crippen molar-refractivity contribution in [3.05, 3.63) is 24.3 Å². The molecule has 1 aliphatic heterocycles. The summed E-state index contributed by atoms with van der Waals surface area (Å²) >= 11 is 0. The molecular formula is C13H23N. The highest BCUT2D eigenvalue weighted by molar-refractivity contribution is 5.02. The highest BCUT2D eigenvalue weighted by atomic mass is 14.9. The molecule has 0 aliphatic carbocycles. The first kappa shape index (κ1) is 11.5. The Labute approximate surface area is 88.3 Å². The lowest BCUT2D eigenvalue weighted by molar-refractivity contribution is 0.254. The van der Waals surface area contributed by atoms with Crippen LogP contribution in [0.4, 0.5) is 0 Å². The zero-order valence-electron chi connectivity index (χ0n) is 9.55. The lowest BCUT2D eigenvalue weighted by atomic mass is 9.75. The summed E-state index contributed by atoms with van der Waals surface area (Å²) in [6, 6.07) is 0. The third-order valence-corrected chi connectivity index (χ3v) is 3.16. The molecule has 0 aromatic carbocycles. The monoisotopic (exact) mass is 193 g/mol. The molecule has 80 valence electrons. The molecule has 1 saturated heterocycles. The van der Waals surface area contributed by atoms with E-state index in [-0.39, 0.29) is 0 Å². The van der Waals surface area contributed by atoms with Crippen molar-refractivity contribution in [3.63, 3.8) is 0 Å². The van der Waals surface area contributed by atoms with Gasteiger partial charge in [0.2, 0.25) is 0 Å². The smallest absolute Gasteiger partial charge is 0.00406 e. The zero-order valence-corrected chi connectivity index (χ0v) is 9.55. The van der Waals surface area contributed by atoms with Gasteiger partial charge in [0.25, 0.3) is 0 Å². The molecule has 1 N–H and O–H groups in total. The van der Waals surface area contributed by atoms with Crippen molar-refractivity contribution in [2.24, 2.45) is 5.41 Å². The standard InChI is InChI=1S/C13H23N/c1-3-5-6-8-13(7-4-2)9-11-14-12-10-13/h3-5,7,14H,6,8-12H2,1-2H3/b5-3+,7-4+. The van der Waals surface area contributed by atoms with E-state index in [4.69, 9.17) is 0 Å². The first-order chi connectivity index (χ1) is 6.83. The summed E-state index contributed by atoms with van der Waals surface area (Å²) < 4.78 is 0. The molecule has 1 nitrogen and oxygen atoms in total. The number of nitrogens with one attached hydrogen (secondary N) is 1. The summed E-state index contributed by atoms with van der Waals surface area (Å²) in [5, 5.41) is 3.44. The van der Waals surface area contributed by atoms with E-state index < -0.39 is 0 Å². The van der Waals surface area contributed by atoms with Gasteiger partial charge in [-0.25, -0.2) is 0 Å². The molecule has 0 radical (unpaired) electrons. The first-order valence-electron chi connectivity index (χ1n) is 5.79. The second kappa shape index (κ2) is 6.02. The van der Waals surface area contributed by atoms with Gasteiger partial charge in [0.15, 0.2) is 0 Å². The zero-order chi connectivity index (χ0) is 10.3. The summed E-state index contributed by atoms with van der Waals surface area (Å²) in [5.41, 5.74) is 0.486. The van der Waals surface area contributed by atoms with Gasteiger partial charge in [0.1, 0.15) is 0 Å². The molecule has 1 fully saturated rings. The van der Waals surface area contributed by atoms with Crippen LogP contribution < -0.4 is 5.32 Å². The van der Waals surface area contributed by atoms with Crippen molar-refractivity contribution in [3.8, 4) is 0 Å². The SMILES string of the molecule is C/C=C/CCC1(/C=C/C)CCNCC1. The van der Waals surface area contributed by atoms with Crippen molar-refractivity contribution in [1.82, 2.24) is 5.32 Å². The van der Waals surface area contributed by atoms with Crippen LogP contribution in [0, 0.1) is 5.41 Å². The highest BCUT2D eigenvalue weighted by Crippen LogP contribution is 2.35. The molecule has 1 aliphatic rings. The van der Waals surface area contributed by atoms with Crippen LogP contribution in [0.25, 0.3) is 0 Å². The maximum absolute atomic E-state index is 3.44. The molecule has 0 aromatic heterocycles. The maximum Gasteiger partial charge on any atom is -0.00406 e. The van der Waals surface area contributed by atoms with Crippen LogP contribution >= 0.6 is 0 Å². The largest absolute Gasteiger partial charge is 0.317 e. The van der Waals surface area contributed by atoms with Crippen LogP contribution in [-0.2, 0) is 0 Å². The number of hydrogen-bond donors (Lipinski definition) is 1. The third kappa shape index (κ3) is 3.30. The van der Waals surface area contributed by atoms with Gasteiger partial charge < -0.3 is 5.32 Å². The molecule has 1 rings (SSSR count). The lowest BCUT2D eigenvalue weighted by Crippen LogP contribution is -2.35. The van der Waals surface area contributed by atoms with Crippen LogP contribution in [0.5, 0.6) is 0 Å². The van der Waals surface area contributed by atoms with Crippen LogP contribution in [0.1, 0.15) is 39.5 Å². The van der Waals surface area contributed by atoms with Crippen LogP contribution in [0.2, 0.25) is 0 Å². The van der Waals surface area contributed by atoms with Gasteiger partial charge in [-0.2, -0.15) is 0 Å². The summed E-state index contributed by atoms with van der Waals surface area (Å²) in [7, 11) is 0. The van der Waals surface area contributed by atoms with E-state index in [2.05, 4.69) is 43.5 Å². The van der Waals surface area contributed by atoms with Gasteiger partial charge in [-0.15, -0.1) is 0 Å². The van der Waals surface area contributed by atoms with E-state index in [1.54, 1.807) is 0 Å². The van der Waals surface area contributed by atoms with Gasteiger partial charge >= 0.3 is 0 Å². The Morgan fingerprint density at radius 3 is 2.43 bits per heavy atom. The Hall–Kier alpha value is -0.560. The first-order valence-corrected chi connectivity index (χ1v) is 5.79. The average Bonchev–Trinajstić information content (AvgIpc) is 2.20. The van der Waals surface area contributed by atoms with E-state index >= 15 is 0 Å². The van der Waals surface area contributed by atoms with Gasteiger partial charge in [-0.05, 0) is 58.0 Å². The molecule has 0 amide bonds. The molecule has 14 heavy (non-hydrogen) atoms. The van der Waals surface area contributed by atoms with Crippen molar-refractivity contribution in [2.45, 2.75) is 39.5 Å². The molecule has 0 bridgehead atoms. The molecule has 0 saturated carbocycles. The summed E-state index contributed by atoms with van der Waals surface area (Å²) in [5.74, 6) is 0. The van der Waals surface area contributed by atoms with Crippen LogP contribution in [0.3, 0.4) is 0 Å². The minimum absolute atomic E-state index is 0.486. The Kier molecular flexibility index (Phi) is 4.95. The van der Waals surface area contributed by atoms with Crippen molar-refractivity contribution < 1.29 is 0 Å². The van der Waals surface area contributed by atoms with Gasteiger partial charge in [-0.3, -0.25) is 0 Å². The Bertz CT molecular complexity index is 197. The Morgan fingerprint density at radius 1 is 1.14 bits per heavy atom. The Morgan fingerprint density at radius 2 is 1.86 bits per heavy atom. The van der Waals surface area contributed by atoms with E-state index in [9.17, 15) is 0 Å². The third-order valence-electron chi connectivity index (χ3n) is 3.16. The number of piperidine rings is 1. The lowest BCUT2D eigenvalue weighted by Gasteiger charge is -2.35. The van der Waals surface area contributed by atoms with Gasteiger partial charge in [0.05, 0.1) is 0 Å². The topological polar surface area (TPSA) is 12.0 Å². The van der Waals surface area contributed by atoms with Crippen molar-refractivity contribution in [2.75, 3.05) is 13.1 Å². The minimum Gasteiger partial charge on any atom is -0.317 e. The summed E-state index contributed by atoms with van der Waals surface area (Å²) in [6.07, 6.45) is 14.2. The fourth-order valence-electron chi connectivity index (χ4n) is 2.32. The van der Waals surface area contributed by atoms with Gasteiger partial charge in [0, 0.05) is 0 Å². The maximum atomic E-state index is 3.44.